The topological polar surface area (TPSA) is 60.9 Å². The van der Waals surface area contributed by atoms with E-state index in [9.17, 15) is 14.4 Å². The molecular weight excluding hydrogens is 518 g/mol. The molecule has 2 aliphatic heterocycles. The van der Waals surface area contributed by atoms with E-state index < -0.39 is 0 Å². The van der Waals surface area contributed by atoms with Crippen molar-refractivity contribution < 1.29 is 14.4 Å². The van der Waals surface area contributed by atoms with E-state index in [0.29, 0.717) is 40.2 Å². The molecule has 0 aliphatic carbocycles. The first-order valence-electron chi connectivity index (χ1n) is 12.6. The lowest BCUT2D eigenvalue weighted by Gasteiger charge is -2.38. The van der Waals surface area contributed by atoms with Gasteiger partial charge in [-0.15, -0.1) is 0 Å². The minimum Gasteiger partial charge on any atom is -0.336 e. The lowest BCUT2D eigenvalue weighted by atomic mass is 10.1. The maximum Gasteiger partial charge on any atom is 0.293 e. The SMILES string of the molecule is C[C@H](c1ccccc1)N1CCN(C(=O)c2cccc(/C=C3\SC(=O)N(Cc4cccc(Cl)c4)C3=O)c2)CC1. The monoisotopic (exact) mass is 545 g/mol. The number of piperazine rings is 1. The summed E-state index contributed by atoms with van der Waals surface area (Å²) in [6, 6.07) is 25.0. The van der Waals surface area contributed by atoms with Crippen LogP contribution in [-0.2, 0) is 11.3 Å². The van der Waals surface area contributed by atoms with E-state index >= 15 is 0 Å². The molecule has 0 saturated carbocycles. The van der Waals surface area contributed by atoms with Gasteiger partial charge in [0, 0.05) is 42.8 Å². The van der Waals surface area contributed by atoms with Gasteiger partial charge in [-0.1, -0.05) is 66.2 Å². The third-order valence-corrected chi connectivity index (χ3v) is 8.11. The summed E-state index contributed by atoms with van der Waals surface area (Å²) in [7, 11) is 0. The molecule has 0 radical (unpaired) electrons. The largest absolute Gasteiger partial charge is 0.336 e. The van der Waals surface area contributed by atoms with Crippen molar-refractivity contribution in [1.29, 1.82) is 0 Å². The number of hydrogen-bond acceptors (Lipinski definition) is 5. The van der Waals surface area contributed by atoms with Crippen LogP contribution in [0, 0.1) is 0 Å². The molecule has 3 aromatic rings. The highest BCUT2D eigenvalue weighted by atomic mass is 35.5. The van der Waals surface area contributed by atoms with Crippen LogP contribution < -0.4 is 0 Å². The van der Waals surface area contributed by atoms with E-state index in [1.54, 1.807) is 36.4 Å². The molecule has 0 N–H and O–H groups in total. The molecule has 8 heteroatoms. The van der Waals surface area contributed by atoms with Crippen molar-refractivity contribution in [1.82, 2.24) is 14.7 Å². The molecule has 0 aromatic heterocycles. The van der Waals surface area contributed by atoms with Crippen molar-refractivity contribution in [3.8, 4) is 0 Å². The van der Waals surface area contributed by atoms with Crippen LogP contribution in [0.2, 0.25) is 5.02 Å². The fourth-order valence-electron chi connectivity index (χ4n) is 4.80. The average Bonchev–Trinajstić information content (AvgIpc) is 3.20. The van der Waals surface area contributed by atoms with E-state index in [-0.39, 0.29) is 23.6 Å². The Morgan fingerprint density at radius 3 is 2.42 bits per heavy atom. The molecule has 0 bridgehead atoms. The van der Waals surface area contributed by atoms with Crippen molar-refractivity contribution >= 4 is 46.5 Å². The molecule has 3 amide bonds. The van der Waals surface area contributed by atoms with Crippen molar-refractivity contribution in [3.63, 3.8) is 0 Å². The first kappa shape index (κ1) is 26.2. The Morgan fingerprint density at radius 2 is 1.68 bits per heavy atom. The van der Waals surface area contributed by atoms with Crippen molar-refractivity contribution in [3.05, 3.63) is 111 Å². The van der Waals surface area contributed by atoms with Crippen LogP contribution in [0.25, 0.3) is 6.08 Å². The van der Waals surface area contributed by atoms with Gasteiger partial charge >= 0.3 is 0 Å². The first-order valence-corrected chi connectivity index (χ1v) is 13.8. The van der Waals surface area contributed by atoms with Gasteiger partial charge in [-0.2, -0.15) is 0 Å². The number of halogens is 1. The maximum absolute atomic E-state index is 13.3. The molecule has 38 heavy (non-hydrogen) atoms. The van der Waals surface area contributed by atoms with Gasteiger partial charge in [-0.25, -0.2) is 0 Å². The number of carbonyl (C=O) groups is 3. The second kappa shape index (κ2) is 11.6. The lowest BCUT2D eigenvalue weighted by Crippen LogP contribution is -2.49. The zero-order chi connectivity index (χ0) is 26.6. The predicted molar refractivity (Wildman–Crippen MR) is 152 cm³/mol. The molecule has 3 aromatic carbocycles. The molecule has 2 aliphatic rings. The molecule has 0 unspecified atom stereocenters. The minimum absolute atomic E-state index is 0.0266. The molecule has 1 atom stereocenters. The fourth-order valence-corrected chi connectivity index (χ4v) is 5.86. The number of imide groups is 1. The number of nitrogens with zero attached hydrogens (tertiary/aromatic N) is 3. The average molecular weight is 546 g/mol. The van der Waals surface area contributed by atoms with Gasteiger partial charge in [0.05, 0.1) is 11.4 Å². The van der Waals surface area contributed by atoms with Crippen LogP contribution in [-0.4, -0.2) is 57.9 Å². The van der Waals surface area contributed by atoms with E-state index in [1.165, 1.54) is 10.5 Å². The van der Waals surface area contributed by atoms with Crippen LogP contribution in [0.3, 0.4) is 0 Å². The highest BCUT2D eigenvalue weighted by Crippen LogP contribution is 2.33. The van der Waals surface area contributed by atoms with Gasteiger partial charge in [0.2, 0.25) is 0 Å². The summed E-state index contributed by atoms with van der Waals surface area (Å²) in [6.07, 6.45) is 1.68. The Morgan fingerprint density at radius 1 is 0.947 bits per heavy atom. The van der Waals surface area contributed by atoms with E-state index in [2.05, 4.69) is 36.1 Å². The van der Waals surface area contributed by atoms with Crippen molar-refractivity contribution in [2.24, 2.45) is 0 Å². The Kier molecular flexibility index (Phi) is 7.98. The van der Waals surface area contributed by atoms with E-state index in [0.717, 1.165) is 30.4 Å². The van der Waals surface area contributed by atoms with Crippen LogP contribution in [0.5, 0.6) is 0 Å². The van der Waals surface area contributed by atoms with Gasteiger partial charge in [-0.3, -0.25) is 24.2 Å². The van der Waals surface area contributed by atoms with Gasteiger partial charge in [0.25, 0.3) is 17.1 Å². The summed E-state index contributed by atoms with van der Waals surface area (Å²) in [5, 5.41) is 0.231. The van der Waals surface area contributed by atoms with Gasteiger partial charge in [0.15, 0.2) is 0 Å². The van der Waals surface area contributed by atoms with Crippen LogP contribution in [0.15, 0.2) is 83.8 Å². The maximum atomic E-state index is 13.3. The lowest BCUT2D eigenvalue weighted by molar-refractivity contribution is -0.123. The van der Waals surface area contributed by atoms with Crippen LogP contribution in [0.4, 0.5) is 4.79 Å². The van der Waals surface area contributed by atoms with Crippen molar-refractivity contribution in [2.75, 3.05) is 26.2 Å². The molecule has 5 rings (SSSR count). The third kappa shape index (κ3) is 5.85. The second-order valence-electron chi connectivity index (χ2n) is 9.44. The summed E-state index contributed by atoms with van der Waals surface area (Å²) in [4.78, 5) is 44.6. The summed E-state index contributed by atoms with van der Waals surface area (Å²) in [5.74, 6) is -0.373. The Labute approximate surface area is 231 Å². The fraction of sp³-hybridized carbons (Fsp3) is 0.233. The number of hydrogen-bond donors (Lipinski definition) is 0. The zero-order valence-corrected chi connectivity index (χ0v) is 22.6. The van der Waals surface area contributed by atoms with Gasteiger partial charge in [0.1, 0.15) is 0 Å². The predicted octanol–water partition coefficient (Wildman–Crippen LogP) is 6.10. The quantitative estimate of drug-likeness (QED) is 0.350. The first-order chi connectivity index (χ1) is 18.4. The Bertz CT molecular complexity index is 1390. The Balaban J connectivity index is 1.23. The normalized spacial score (nSPS) is 18.3. The van der Waals surface area contributed by atoms with E-state index in [4.69, 9.17) is 11.6 Å². The Hall–Kier alpha value is -3.39. The van der Waals surface area contributed by atoms with Crippen LogP contribution in [0.1, 0.15) is 40.0 Å². The third-order valence-electron chi connectivity index (χ3n) is 6.97. The van der Waals surface area contributed by atoms with Gasteiger partial charge in [-0.05, 0) is 65.7 Å². The summed E-state index contributed by atoms with van der Waals surface area (Å²) < 4.78 is 0. The molecular formula is C30H28ClN3O3S. The number of rotatable bonds is 6. The molecule has 0 spiro atoms. The van der Waals surface area contributed by atoms with Gasteiger partial charge < -0.3 is 4.90 Å². The smallest absolute Gasteiger partial charge is 0.293 e. The standard InChI is InChI=1S/C30H28ClN3O3S/c1-21(24-9-3-2-4-10-24)32-13-15-33(16-14-32)28(35)25-11-5-7-22(17-25)19-27-29(36)34(30(37)38-27)20-23-8-6-12-26(31)18-23/h2-12,17-19,21H,13-16,20H2,1H3/b27-19-/t21-/m1/s1. The van der Waals surface area contributed by atoms with E-state index in [1.807, 2.05) is 29.2 Å². The van der Waals surface area contributed by atoms with Crippen LogP contribution >= 0.6 is 23.4 Å². The number of carbonyl (C=O) groups excluding carboxylic acids is 3. The minimum atomic E-state index is -0.347. The number of benzene rings is 3. The highest BCUT2D eigenvalue weighted by molar-refractivity contribution is 8.18. The van der Waals surface area contributed by atoms with Crippen molar-refractivity contribution in [2.45, 2.75) is 19.5 Å². The summed E-state index contributed by atoms with van der Waals surface area (Å²) in [5.41, 5.74) is 3.34. The summed E-state index contributed by atoms with van der Waals surface area (Å²) >= 11 is 6.95. The number of thioether (sulfide) groups is 1. The molecule has 2 saturated heterocycles. The molecule has 2 fully saturated rings. The molecule has 194 valence electrons. The highest BCUT2D eigenvalue weighted by Gasteiger charge is 2.35. The second-order valence-corrected chi connectivity index (χ2v) is 10.9. The molecule has 6 nitrogen and oxygen atoms in total. The zero-order valence-electron chi connectivity index (χ0n) is 21.0. The number of amides is 3. The molecule has 2 heterocycles. The summed E-state index contributed by atoms with van der Waals surface area (Å²) in [6.45, 7) is 5.29.